The summed E-state index contributed by atoms with van der Waals surface area (Å²) >= 11 is 3.26. The molecular formula is C11H9BrN4O3. The van der Waals surface area contributed by atoms with E-state index in [-0.39, 0.29) is 17.3 Å². The first-order chi connectivity index (χ1) is 8.99. The molecule has 1 aromatic heterocycles. The van der Waals surface area contributed by atoms with Gasteiger partial charge in [0, 0.05) is 6.07 Å². The van der Waals surface area contributed by atoms with Crippen LogP contribution >= 0.6 is 15.9 Å². The van der Waals surface area contributed by atoms with E-state index >= 15 is 0 Å². The van der Waals surface area contributed by atoms with Gasteiger partial charge in [-0.1, -0.05) is 0 Å². The van der Waals surface area contributed by atoms with Crippen LogP contribution in [0, 0.1) is 17.0 Å². The van der Waals surface area contributed by atoms with Crippen molar-refractivity contribution in [3.8, 4) is 11.6 Å². The summed E-state index contributed by atoms with van der Waals surface area (Å²) in [5, 5.41) is 10.7. The van der Waals surface area contributed by atoms with Crippen LogP contribution in [-0.2, 0) is 0 Å². The Hall–Kier alpha value is -2.22. The Balaban J connectivity index is 2.40. The minimum Gasteiger partial charge on any atom is -0.437 e. The molecule has 0 saturated carbocycles. The molecule has 8 heteroatoms. The van der Waals surface area contributed by atoms with Crippen molar-refractivity contribution in [2.24, 2.45) is 0 Å². The van der Waals surface area contributed by atoms with Gasteiger partial charge in [0.15, 0.2) is 5.75 Å². The molecule has 98 valence electrons. The summed E-state index contributed by atoms with van der Waals surface area (Å²) in [6, 6.07) is 4.22. The summed E-state index contributed by atoms with van der Waals surface area (Å²) in [7, 11) is 0. The van der Waals surface area contributed by atoms with Crippen molar-refractivity contribution < 1.29 is 9.66 Å². The first-order valence-corrected chi connectivity index (χ1v) is 5.97. The zero-order valence-electron chi connectivity index (χ0n) is 9.83. The highest BCUT2D eigenvalue weighted by Gasteiger charge is 2.13. The van der Waals surface area contributed by atoms with Gasteiger partial charge in [0.2, 0.25) is 5.88 Å². The molecule has 0 aliphatic heterocycles. The van der Waals surface area contributed by atoms with E-state index in [4.69, 9.17) is 10.5 Å². The lowest BCUT2D eigenvalue weighted by Crippen LogP contribution is -1.99. The molecule has 19 heavy (non-hydrogen) atoms. The Morgan fingerprint density at radius 3 is 2.84 bits per heavy atom. The van der Waals surface area contributed by atoms with Crippen molar-refractivity contribution in [3.05, 3.63) is 44.7 Å². The minimum absolute atomic E-state index is 0.0714. The molecule has 1 heterocycles. The van der Waals surface area contributed by atoms with E-state index in [1.54, 1.807) is 6.92 Å². The fourth-order valence-electron chi connectivity index (χ4n) is 1.34. The number of non-ortho nitro benzene ring substituents is 1. The van der Waals surface area contributed by atoms with E-state index in [0.29, 0.717) is 15.9 Å². The Morgan fingerprint density at radius 2 is 2.16 bits per heavy atom. The lowest BCUT2D eigenvalue weighted by atomic mass is 10.3. The highest BCUT2D eigenvalue weighted by molar-refractivity contribution is 9.10. The summed E-state index contributed by atoms with van der Waals surface area (Å²) in [6.07, 6.45) is 1.27. The van der Waals surface area contributed by atoms with Crippen LogP contribution in [0.4, 0.5) is 11.5 Å². The maximum Gasteiger partial charge on any atom is 0.273 e. The van der Waals surface area contributed by atoms with Gasteiger partial charge >= 0.3 is 0 Å². The number of nitro groups is 1. The molecule has 0 radical (unpaired) electrons. The summed E-state index contributed by atoms with van der Waals surface area (Å²) in [4.78, 5) is 18.0. The molecule has 0 saturated heterocycles. The second-order valence-corrected chi connectivity index (χ2v) is 4.52. The number of aromatic nitrogens is 2. The van der Waals surface area contributed by atoms with Gasteiger partial charge in [-0.15, -0.1) is 0 Å². The largest absolute Gasteiger partial charge is 0.437 e. The third kappa shape index (κ3) is 2.79. The number of nitro benzene ring substituents is 1. The normalized spacial score (nSPS) is 10.2. The van der Waals surface area contributed by atoms with Crippen molar-refractivity contribution in [1.29, 1.82) is 0 Å². The number of anilines is 1. The van der Waals surface area contributed by atoms with E-state index in [1.807, 2.05) is 0 Å². The Kier molecular flexibility index (Phi) is 3.61. The van der Waals surface area contributed by atoms with Gasteiger partial charge in [-0.2, -0.15) is 0 Å². The molecule has 0 spiro atoms. The molecule has 0 unspecified atom stereocenters. The van der Waals surface area contributed by atoms with Crippen molar-refractivity contribution in [3.63, 3.8) is 0 Å². The van der Waals surface area contributed by atoms with Crippen LogP contribution in [0.25, 0.3) is 0 Å². The molecular weight excluding hydrogens is 316 g/mol. The first-order valence-electron chi connectivity index (χ1n) is 5.18. The van der Waals surface area contributed by atoms with Gasteiger partial charge in [0.25, 0.3) is 5.69 Å². The first kappa shape index (κ1) is 13.2. The third-order valence-corrected chi connectivity index (χ3v) is 3.06. The fraction of sp³-hybridized carbons (Fsp3) is 0.0909. The summed E-state index contributed by atoms with van der Waals surface area (Å²) in [6.45, 7) is 1.70. The Labute approximate surface area is 116 Å². The Morgan fingerprint density at radius 1 is 1.42 bits per heavy atom. The lowest BCUT2D eigenvalue weighted by Gasteiger charge is -2.09. The second-order valence-electron chi connectivity index (χ2n) is 3.66. The van der Waals surface area contributed by atoms with E-state index in [2.05, 4.69) is 25.9 Å². The lowest BCUT2D eigenvalue weighted by molar-refractivity contribution is -0.384. The average molecular weight is 325 g/mol. The predicted molar refractivity (Wildman–Crippen MR) is 72.1 cm³/mol. The highest BCUT2D eigenvalue weighted by atomic mass is 79.9. The smallest absolute Gasteiger partial charge is 0.273 e. The minimum atomic E-state index is -0.500. The zero-order chi connectivity index (χ0) is 14.0. The van der Waals surface area contributed by atoms with Gasteiger partial charge < -0.3 is 10.5 Å². The highest BCUT2D eigenvalue weighted by Crippen LogP contribution is 2.33. The van der Waals surface area contributed by atoms with Crippen molar-refractivity contribution in [2.45, 2.75) is 6.92 Å². The molecule has 0 aliphatic carbocycles. The van der Waals surface area contributed by atoms with Crippen LogP contribution in [0.2, 0.25) is 0 Å². The van der Waals surface area contributed by atoms with Gasteiger partial charge in [-0.05, 0) is 28.9 Å². The van der Waals surface area contributed by atoms with Crippen LogP contribution in [0.5, 0.6) is 11.6 Å². The standard InChI is InChI=1S/C11H9BrN4O3/c1-6-10(13)14-5-15-11(6)19-9-4-7(16(17)18)2-3-8(9)12/h2-5H,1H3,(H2,13,14,15). The number of halogens is 1. The van der Waals surface area contributed by atoms with E-state index < -0.39 is 4.92 Å². The third-order valence-electron chi connectivity index (χ3n) is 2.41. The van der Waals surface area contributed by atoms with E-state index in [0.717, 1.165) is 0 Å². The molecule has 0 atom stereocenters. The molecule has 2 N–H and O–H groups in total. The maximum absolute atomic E-state index is 10.7. The topological polar surface area (TPSA) is 104 Å². The van der Waals surface area contributed by atoms with Gasteiger partial charge in [-0.3, -0.25) is 10.1 Å². The fourth-order valence-corrected chi connectivity index (χ4v) is 1.67. The molecule has 1 aromatic carbocycles. The maximum atomic E-state index is 10.7. The van der Waals surface area contributed by atoms with Crippen LogP contribution in [0.3, 0.4) is 0 Å². The molecule has 0 amide bonds. The number of nitrogen functional groups attached to an aromatic ring is 1. The second kappa shape index (κ2) is 5.19. The molecule has 2 rings (SSSR count). The number of nitrogens with two attached hydrogens (primary N) is 1. The molecule has 7 nitrogen and oxygen atoms in total. The monoisotopic (exact) mass is 324 g/mol. The summed E-state index contributed by atoms with van der Waals surface area (Å²) in [5.41, 5.74) is 6.14. The summed E-state index contributed by atoms with van der Waals surface area (Å²) < 4.78 is 6.11. The van der Waals surface area contributed by atoms with Crippen LogP contribution in [-0.4, -0.2) is 14.9 Å². The number of hydrogen-bond donors (Lipinski definition) is 1. The quantitative estimate of drug-likeness (QED) is 0.687. The van der Waals surface area contributed by atoms with Crippen LogP contribution in [0.15, 0.2) is 29.0 Å². The Bertz CT molecular complexity index is 648. The molecule has 0 fully saturated rings. The number of nitrogens with zero attached hydrogens (tertiary/aromatic N) is 3. The average Bonchev–Trinajstić information content (AvgIpc) is 2.37. The summed E-state index contributed by atoms with van der Waals surface area (Å²) in [5.74, 6) is 0.843. The van der Waals surface area contributed by atoms with Gasteiger partial charge in [-0.25, -0.2) is 9.97 Å². The van der Waals surface area contributed by atoms with Gasteiger partial charge in [0.05, 0.1) is 21.0 Å². The zero-order valence-corrected chi connectivity index (χ0v) is 11.4. The van der Waals surface area contributed by atoms with Gasteiger partial charge in [0.1, 0.15) is 12.1 Å². The SMILES string of the molecule is Cc1c(N)ncnc1Oc1cc([N+](=O)[O-])ccc1Br. The molecule has 0 aliphatic rings. The number of benzene rings is 1. The number of ether oxygens (including phenoxy) is 1. The van der Waals surface area contributed by atoms with E-state index in [1.165, 1.54) is 24.5 Å². The number of rotatable bonds is 3. The van der Waals surface area contributed by atoms with Crippen LogP contribution in [0.1, 0.15) is 5.56 Å². The molecule has 0 bridgehead atoms. The number of hydrogen-bond acceptors (Lipinski definition) is 6. The predicted octanol–water partition coefficient (Wildman–Crippen LogP) is 2.83. The van der Waals surface area contributed by atoms with Crippen molar-refractivity contribution in [2.75, 3.05) is 5.73 Å². The molecule has 2 aromatic rings. The van der Waals surface area contributed by atoms with Crippen molar-refractivity contribution in [1.82, 2.24) is 9.97 Å². The van der Waals surface area contributed by atoms with Crippen LogP contribution < -0.4 is 10.5 Å². The van der Waals surface area contributed by atoms with E-state index in [9.17, 15) is 10.1 Å². The van der Waals surface area contributed by atoms with Crippen molar-refractivity contribution >= 4 is 27.4 Å².